The molecule has 216 valence electrons. The Hall–Kier alpha value is -4.14. The second-order valence-corrected chi connectivity index (χ2v) is 14.8. The summed E-state index contributed by atoms with van der Waals surface area (Å²) in [5, 5.41) is 4.12. The van der Waals surface area contributed by atoms with E-state index in [9.17, 15) is 0 Å². The van der Waals surface area contributed by atoms with E-state index < -0.39 is 0 Å². The molecule has 5 aromatic rings. The van der Waals surface area contributed by atoms with Crippen LogP contribution in [0.3, 0.4) is 0 Å². The Morgan fingerprint density at radius 3 is 2.57 bits per heavy atom. The lowest BCUT2D eigenvalue weighted by Crippen LogP contribution is -2.19. The van der Waals surface area contributed by atoms with Crippen molar-refractivity contribution in [1.82, 2.24) is 0 Å². The molecule has 0 aliphatic heterocycles. The minimum absolute atomic E-state index is 0.0461. The summed E-state index contributed by atoms with van der Waals surface area (Å²) in [4.78, 5) is 3.97. The van der Waals surface area contributed by atoms with Gasteiger partial charge in [-0.3, -0.25) is 0 Å². The number of anilines is 2. The van der Waals surface area contributed by atoms with Crippen LogP contribution < -0.4 is 4.90 Å². The average Bonchev–Trinajstić information content (AvgIpc) is 3.55. The van der Waals surface area contributed by atoms with Gasteiger partial charge in [0.25, 0.3) is 0 Å². The van der Waals surface area contributed by atoms with E-state index in [4.69, 9.17) is 0 Å². The van der Waals surface area contributed by atoms with E-state index in [-0.39, 0.29) is 5.41 Å². The van der Waals surface area contributed by atoms with Crippen molar-refractivity contribution in [3.8, 4) is 11.1 Å². The molecular formula is C42H37NS. The zero-order chi connectivity index (χ0) is 29.6. The Labute approximate surface area is 264 Å². The molecule has 0 saturated carbocycles. The van der Waals surface area contributed by atoms with Gasteiger partial charge in [-0.25, -0.2) is 0 Å². The third-order valence-electron chi connectivity index (χ3n) is 10.6. The first-order valence-corrected chi connectivity index (χ1v) is 17.1. The highest BCUT2D eigenvalue weighted by Crippen LogP contribution is 2.54. The standard InChI is InChI=1S/C42H37NS/c1-26-17-20-32-28(23-26)18-22-38-39(32)40-31-14-8-7-11-27(31)24-37(41(40)44-38)43(29-12-5-4-6-13-29)30-19-21-34-33-15-9-10-16-35(33)42(2,3)36(34)25-30/h5,7-16,18-22,24-26,28H,4,6,17,23H2,1-3H3. The zero-order valence-corrected chi connectivity index (χ0v) is 26.5. The number of rotatable bonds is 3. The molecule has 4 aliphatic carbocycles. The molecule has 44 heavy (non-hydrogen) atoms. The minimum atomic E-state index is -0.0461. The number of nitrogens with zero attached hydrogens (tertiary/aromatic N) is 1. The third kappa shape index (κ3) is 3.77. The molecule has 0 amide bonds. The van der Waals surface area contributed by atoms with Crippen molar-refractivity contribution >= 4 is 55.2 Å². The molecule has 1 heterocycles. The molecule has 0 radical (unpaired) electrons. The quantitative estimate of drug-likeness (QED) is 0.203. The van der Waals surface area contributed by atoms with Crippen molar-refractivity contribution < 1.29 is 0 Å². The highest BCUT2D eigenvalue weighted by Gasteiger charge is 2.36. The first kappa shape index (κ1) is 26.3. The monoisotopic (exact) mass is 587 g/mol. The zero-order valence-electron chi connectivity index (χ0n) is 25.7. The maximum absolute atomic E-state index is 2.56. The van der Waals surface area contributed by atoms with Gasteiger partial charge < -0.3 is 4.90 Å². The number of fused-ring (bicyclic) bond motifs is 10. The summed E-state index contributed by atoms with van der Waals surface area (Å²) < 4.78 is 1.39. The lowest BCUT2D eigenvalue weighted by Gasteiger charge is -2.31. The van der Waals surface area contributed by atoms with Gasteiger partial charge in [0.15, 0.2) is 0 Å². The number of benzene rings is 4. The van der Waals surface area contributed by atoms with Crippen molar-refractivity contribution in [2.45, 2.75) is 51.9 Å². The number of allylic oxidation sites excluding steroid dienone is 6. The molecule has 0 saturated heterocycles. The summed E-state index contributed by atoms with van der Waals surface area (Å²) in [6, 6.07) is 27.7. The van der Waals surface area contributed by atoms with Crippen LogP contribution in [0.2, 0.25) is 0 Å². The van der Waals surface area contributed by atoms with E-state index in [0.717, 1.165) is 18.8 Å². The summed E-state index contributed by atoms with van der Waals surface area (Å²) >= 11 is 1.98. The van der Waals surface area contributed by atoms with Crippen LogP contribution in [0.25, 0.3) is 43.6 Å². The molecular weight excluding hydrogens is 551 g/mol. The first-order chi connectivity index (χ1) is 21.5. The molecule has 0 bridgehead atoms. The Morgan fingerprint density at radius 2 is 1.68 bits per heavy atom. The summed E-state index contributed by atoms with van der Waals surface area (Å²) in [5.74, 6) is 1.26. The van der Waals surface area contributed by atoms with E-state index >= 15 is 0 Å². The Balaban J connectivity index is 1.32. The van der Waals surface area contributed by atoms with Gasteiger partial charge in [0.1, 0.15) is 0 Å². The smallest absolute Gasteiger partial charge is 0.0646 e. The molecule has 0 fully saturated rings. The number of thiophene rings is 1. The Kier molecular flexibility index (Phi) is 5.78. The predicted octanol–water partition coefficient (Wildman–Crippen LogP) is 12.2. The molecule has 1 aromatic heterocycles. The highest BCUT2D eigenvalue weighted by atomic mass is 32.1. The normalized spacial score (nSPS) is 21.0. The fourth-order valence-electron chi connectivity index (χ4n) is 8.35. The van der Waals surface area contributed by atoms with Crippen molar-refractivity contribution in [3.05, 3.63) is 130 Å². The maximum Gasteiger partial charge on any atom is 0.0646 e. The van der Waals surface area contributed by atoms with Gasteiger partial charge in [-0.05, 0) is 101 Å². The molecule has 2 unspecified atom stereocenters. The highest BCUT2D eigenvalue weighted by molar-refractivity contribution is 7.21. The van der Waals surface area contributed by atoms with Crippen molar-refractivity contribution in [1.29, 1.82) is 0 Å². The fourth-order valence-corrected chi connectivity index (χ4v) is 9.61. The largest absolute Gasteiger partial charge is 0.309 e. The summed E-state index contributed by atoms with van der Waals surface area (Å²) in [6.07, 6.45) is 19.2. The van der Waals surface area contributed by atoms with Crippen LogP contribution in [0.4, 0.5) is 11.4 Å². The van der Waals surface area contributed by atoms with Crippen LogP contribution in [-0.2, 0) is 5.41 Å². The van der Waals surface area contributed by atoms with Gasteiger partial charge in [0.2, 0.25) is 0 Å². The average molecular weight is 588 g/mol. The van der Waals surface area contributed by atoms with Gasteiger partial charge in [-0.1, -0.05) is 99.7 Å². The van der Waals surface area contributed by atoms with Gasteiger partial charge in [0, 0.05) is 38.5 Å². The van der Waals surface area contributed by atoms with Gasteiger partial charge >= 0.3 is 0 Å². The molecule has 4 aliphatic rings. The molecule has 9 rings (SSSR count). The topological polar surface area (TPSA) is 3.24 Å². The third-order valence-corrected chi connectivity index (χ3v) is 11.7. The van der Waals surface area contributed by atoms with Crippen LogP contribution in [0, 0.1) is 11.8 Å². The van der Waals surface area contributed by atoms with Gasteiger partial charge in [0.05, 0.1) is 10.4 Å². The molecule has 0 N–H and O–H groups in total. The number of hydrogen-bond acceptors (Lipinski definition) is 2. The lowest BCUT2D eigenvalue weighted by molar-refractivity contribution is 0.484. The summed E-state index contributed by atoms with van der Waals surface area (Å²) in [7, 11) is 0. The molecule has 4 aromatic carbocycles. The Morgan fingerprint density at radius 1 is 0.841 bits per heavy atom. The van der Waals surface area contributed by atoms with E-state index in [1.54, 1.807) is 5.57 Å². The summed E-state index contributed by atoms with van der Waals surface area (Å²) in [5.41, 5.74) is 12.4. The van der Waals surface area contributed by atoms with E-state index in [1.165, 1.54) is 83.5 Å². The van der Waals surface area contributed by atoms with E-state index in [2.05, 4.69) is 135 Å². The molecule has 2 heteroatoms. The van der Waals surface area contributed by atoms with Crippen LogP contribution in [-0.4, -0.2) is 0 Å². The SMILES string of the molecule is CC1CC=C2c3c(sc4c(N(C5=CCCC=C5)c5ccc6c(c5)C(C)(C)c5ccccc5-6)cc5ccccc5c34)C=CC2C1. The fraction of sp³-hybridized carbons (Fsp3) is 0.238. The van der Waals surface area contributed by atoms with Crippen LogP contribution in [0.5, 0.6) is 0 Å². The van der Waals surface area contributed by atoms with E-state index in [1.807, 2.05) is 11.3 Å². The van der Waals surface area contributed by atoms with Crippen molar-refractivity contribution in [3.63, 3.8) is 0 Å². The van der Waals surface area contributed by atoms with Gasteiger partial charge in [-0.2, -0.15) is 0 Å². The minimum Gasteiger partial charge on any atom is -0.309 e. The Bertz CT molecular complexity index is 2130. The predicted molar refractivity (Wildman–Crippen MR) is 191 cm³/mol. The first-order valence-electron chi connectivity index (χ1n) is 16.3. The van der Waals surface area contributed by atoms with Crippen molar-refractivity contribution in [2.75, 3.05) is 4.90 Å². The van der Waals surface area contributed by atoms with Crippen LogP contribution in [0.1, 0.15) is 68.0 Å². The lowest BCUT2D eigenvalue weighted by atomic mass is 9.76. The molecule has 1 nitrogen and oxygen atoms in total. The molecule has 2 atom stereocenters. The van der Waals surface area contributed by atoms with Crippen LogP contribution in [0.15, 0.2) is 109 Å². The second-order valence-electron chi connectivity index (χ2n) is 13.7. The van der Waals surface area contributed by atoms with E-state index in [0.29, 0.717) is 5.92 Å². The van der Waals surface area contributed by atoms with Crippen molar-refractivity contribution in [2.24, 2.45) is 11.8 Å². The molecule has 0 spiro atoms. The second kappa shape index (κ2) is 9.68. The number of hydrogen-bond donors (Lipinski definition) is 0. The van der Waals surface area contributed by atoms with Gasteiger partial charge in [-0.15, -0.1) is 11.3 Å². The van der Waals surface area contributed by atoms with Crippen LogP contribution >= 0.6 is 11.3 Å². The summed E-state index contributed by atoms with van der Waals surface area (Å²) in [6.45, 7) is 7.17. The maximum atomic E-state index is 2.56.